The summed E-state index contributed by atoms with van der Waals surface area (Å²) in [6.45, 7) is 0. The van der Waals surface area contributed by atoms with Gasteiger partial charge in [0, 0.05) is 33.5 Å². The van der Waals surface area contributed by atoms with Crippen molar-refractivity contribution in [2.24, 2.45) is 0 Å². The van der Waals surface area contributed by atoms with Crippen LogP contribution in [0.3, 0.4) is 0 Å². The Morgan fingerprint density at radius 2 is 2.00 bits per heavy atom. The molecule has 8 heavy (non-hydrogen) atoms. The fourth-order valence-corrected chi connectivity index (χ4v) is 19.8. The summed E-state index contributed by atoms with van der Waals surface area (Å²) in [4.78, 5) is 0. The smallest absolute Gasteiger partial charge is 0.0182 e. The molecule has 1 saturated carbocycles. The third kappa shape index (κ3) is 0.831. The molecule has 39 valence electrons. The Kier molecular flexibility index (Phi) is 1.58. The molecule has 1 heterocycles. The molecule has 0 spiro atoms. The molecule has 0 N–H and O–H groups in total. The summed E-state index contributed by atoms with van der Waals surface area (Å²) in [6.07, 6.45) is 4.81. The van der Waals surface area contributed by atoms with Gasteiger partial charge in [-0.15, -0.1) is 0 Å². The lowest BCUT2D eigenvalue weighted by molar-refractivity contribution is 0.500. The monoisotopic (exact) mass is 167 g/mol. The molecule has 0 bridgehead atoms. The average Bonchev–Trinajstić information content (AvgIpc) is 1.47. The minimum atomic E-state index is 0.378. The molecule has 1 aliphatic heterocycles. The van der Waals surface area contributed by atoms with E-state index >= 15 is 0 Å². The van der Waals surface area contributed by atoms with Crippen LogP contribution in [0.25, 0.3) is 0 Å². The second-order valence-corrected chi connectivity index (χ2v) is 18.5. The van der Waals surface area contributed by atoms with Crippen molar-refractivity contribution in [2.45, 2.75) is 24.8 Å². The molecular weight excluding hydrogens is 160 g/mol. The Bertz CT molecular complexity index is 74.0. The first-order valence-corrected chi connectivity index (χ1v) is 11.7. The van der Waals surface area contributed by atoms with Crippen molar-refractivity contribution in [1.82, 2.24) is 0 Å². The second kappa shape index (κ2) is 2.24. The van der Waals surface area contributed by atoms with Crippen molar-refractivity contribution in [3.63, 3.8) is 0 Å². The van der Waals surface area contributed by atoms with Gasteiger partial charge in [-0.1, -0.05) is 24.8 Å². The van der Waals surface area contributed by atoms with Crippen LogP contribution < -0.4 is 0 Å². The fraction of sp³-hybridized carbons (Fsp3) is 1.00. The summed E-state index contributed by atoms with van der Waals surface area (Å²) in [5, 5.41) is 0. The topological polar surface area (TPSA) is 0 Å². The van der Waals surface area contributed by atoms with Crippen molar-refractivity contribution in [1.29, 1.82) is 0 Å². The number of hydrogen-bond donors (Lipinski definition) is 0. The van der Waals surface area contributed by atoms with Crippen molar-refractivity contribution in [3.05, 3.63) is 0 Å². The van der Waals surface area contributed by atoms with Crippen LogP contribution in [0.1, 0.15) is 19.3 Å². The Morgan fingerprint density at radius 1 is 1.25 bits per heavy atom. The maximum atomic E-state index is 1.62. The highest BCUT2D eigenvalue weighted by Crippen LogP contribution is 2.35. The maximum Gasteiger partial charge on any atom is 0.0182 e. The molecule has 0 aromatic heterocycles. The average molecular weight is 167 g/mol. The Morgan fingerprint density at radius 3 is 2.12 bits per heavy atom. The molecule has 0 aromatic carbocycles. The van der Waals surface area contributed by atoms with E-state index in [1.807, 2.05) is 0 Å². The lowest BCUT2D eigenvalue weighted by atomic mass is 10.00. The van der Waals surface area contributed by atoms with E-state index in [9.17, 15) is 0 Å². The zero-order valence-corrected chi connectivity index (χ0v) is 8.70. The molecule has 2 fully saturated rings. The van der Waals surface area contributed by atoms with Crippen LogP contribution >= 0.6 is 0 Å². The second-order valence-electron chi connectivity index (χ2n) is 2.42. The molecular formula is C4H7Si4. The van der Waals surface area contributed by atoms with Gasteiger partial charge in [-0.05, 0) is 0 Å². The standard InChI is InChI=1S/C4H7Si4/c1-2-4(3-1)8-6-5-7-8/h4H,1-3H2. The Hall–Kier alpha value is 0.868. The first kappa shape index (κ1) is 5.64. The van der Waals surface area contributed by atoms with Gasteiger partial charge in [0.25, 0.3) is 0 Å². The van der Waals surface area contributed by atoms with E-state index in [4.69, 9.17) is 0 Å². The van der Waals surface area contributed by atoms with Crippen LogP contribution in [-0.2, 0) is 0 Å². The van der Waals surface area contributed by atoms with E-state index in [0.29, 0.717) is 7.83 Å². The van der Waals surface area contributed by atoms with Gasteiger partial charge >= 0.3 is 0 Å². The molecule has 0 aromatic rings. The van der Waals surface area contributed by atoms with Gasteiger partial charge in [0.2, 0.25) is 0 Å². The van der Waals surface area contributed by atoms with E-state index in [1.165, 1.54) is 31.2 Å². The SMILES string of the molecule is C1CC([Si]2[Si][Si][Si]2)C1. The summed E-state index contributed by atoms with van der Waals surface area (Å²) >= 11 is 0. The minimum absolute atomic E-state index is 0.378. The molecule has 0 nitrogen and oxygen atoms in total. The van der Waals surface area contributed by atoms with Crippen LogP contribution in [0.15, 0.2) is 0 Å². The number of hydrogen-bond acceptors (Lipinski definition) is 0. The van der Waals surface area contributed by atoms with Crippen molar-refractivity contribution < 1.29 is 0 Å². The lowest BCUT2D eigenvalue weighted by Gasteiger charge is -2.36. The predicted molar refractivity (Wildman–Crippen MR) is 40.6 cm³/mol. The van der Waals surface area contributed by atoms with Gasteiger partial charge in [-0.3, -0.25) is 0 Å². The van der Waals surface area contributed by atoms with E-state index in [1.54, 1.807) is 19.3 Å². The molecule has 1 saturated heterocycles. The van der Waals surface area contributed by atoms with Gasteiger partial charge in [0.05, 0.1) is 0 Å². The van der Waals surface area contributed by atoms with E-state index < -0.39 is 0 Å². The third-order valence-corrected chi connectivity index (χ3v) is 29.5. The summed E-state index contributed by atoms with van der Waals surface area (Å²) in [6, 6.07) is 0. The summed E-state index contributed by atoms with van der Waals surface area (Å²) in [5.41, 5.74) is 1.32. The van der Waals surface area contributed by atoms with E-state index in [-0.39, 0.29) is 0 Å². The molecule has 0 amide bonds. The molecule has 0 atom stereocenters. The summed E-state index contributed by atoms with van der Waals surface area (Å²) in [5.74, 6) is 0. The van der Waals surface area contributed by atoms with Gasteiger partial charge in [0.1, 0.15) is 0 Å². The fourth-order valence-electron chi connectivity index (χ4n) is 1.04. The van der Waals surface area contributed by atoms with E-state index in [0.717, 1.165) is 0 Å². The Labute approximate surface area is 58.7 Å². The van der Waals surface area contributed by atoms with E-state index in [2.05, 4.69) is 0 Å². The van der Waals surface area contributed by atoms with Gasteiger partial charge in [0.15, 0.2) is 0 Å². The Balaban J connectivity index is 1.79. The minimum Gasteiger partial charge on any atom is -0.0535 e. The van der Waals surface area contributed by atoms with Crippen molar-refractivity contribution in [3.8, 4) is 0 Å². The first-order valence-electron chi connectivity index (χ1n) is 3.11. The zero-order chi connectivity index (χ0) is 5.40. The maximum absolute atomic E-state index is 1.62. The van der Waals surface area contributed by atoms with Crippen LogP contribution in [0.2, 0.25) is 5.54 Å². The largest absolute Gasteiger partial charge is 0.0535 e. The number of rotatable bonds is 1. The highest BCUT2D eigenvalue weighted by Gasteiger charge is 2.33. The van der Waals surface area contributed by atoms with Crippen LogP contribution in [0.5, 0.6) is 0 Å². The lowest BCUT2D eigenvalue weighted by Crippen LogP contribution is -2.55. The van der Waals surface area contributed by atoms with Crippen LogP contribution in [0, 0.1) is 0 Å². The third-order valence-electron chi connectivity index (χ3n) is 1.91. The highest BCUT2D eigenvalue weighted by atomic mass is 30.1. The summed E-state index contributed by atoms with van der Waals surface area (Å²) < 4.78 is 0. The van der Waals surface area contributed by atoms with Gasteiger partial charge < -0.3 is 0 Å². The first-order chi connectivity index (χ1) is 3.97. The van der Waals surface area contributed by atoms with Gasteiger partial charge in [-0.2, -0.15) is 0 Å². The molecule has 1 aliphatic carbocycles. The summed E-state index contributed by atoms with van der Waals surface area (Å²) in [7, 11) is 4.79. The molecule has 0 unspecified atom stereocenters. The van der Waals surface area contributed by atoms with Gasteiger partial charge in [-0.25, -0.2) is 0 Å². The molecule has 7 radical (unpaired) electrons. The van der Waals surface area contributed by atoms with Crippen LogP contribution in [0.4, 0.5) is 0 Å². The predicted octanol–water partition coefficient (Wildman–Crippen LogP) is -0.0151. The zero-order valence-electron chi connectivity index (χ0n) is 4.70. The normalized spacial score (nSPS) is 31.5. The molecule has 4 heteroatoms. The van der Waals surface area contributed by atoms with Crippen molar-refractivity contribution >= 4 is 33.5 Å². The quantitative estimate of drug-likeness (QED) is 0.482. The molecule has 2 aliphatic rings. The molecule has 2 rings (SSSR count). The van der Waals surface area contributed by atoms with Crippen LogP contribution in [-0.4, -0.2) is 33.5 Å². The van der Waals surface area contributed by atoms with Crippen molar-refractivity contribution in [2.75, 3.05) is 0 Å². The highest BCUT2D eigenvalue weighted by molar-refractivity contribution is 7.81.